The van der Waals surface area contributed by atoms with Gasteiger partial charge in [-0.25, -0.2) is 8.42 Å². The van der Waals surface area contributed by atoms with E-state index in [1.165, 1.54) is 19.2 Å². The number of sulfonamides is 1. The van der Waals surface area contributed by atoms with E-state index in [0.29, 0.717) is 24.4 Å². The molecule has 3 aromatic carbocycles. The van der Waals surface area contributed by atoms with Gasteiger partial charge in [0.2, 0.25) is 11.8 Å². The van der Waals surface area contributed by atoms with Crippen LogP contribution in [0.3, 0.4) is 0 Å². The van der Waals surface area contributed by atoms with Crippen LogP contribution in [-0.2, 0) is 32.7 Å². The van der Waals surface area contributed by atoms with E-state index in [0.717, 1.165) is 28.4 Å². The SMILES string of the molecule is COc1ccc(N(CC(=O)NCc2cccc(CN3CCCC3=O)c2)S(=O)(=O)c2ccccc2)cc1. The van der Waals surface area contributed by atoms with Crippen molar-refractivity contribution >= 4 is 27.5 Å². The second-order valence-electron chi connectivity index (χ2n) is 8.54. The molecule has 1 heterocycles. The molecule has 0 aliphatic carbocycles. The second-order valence-corrected chi connectivity index (χ2v) is 10.4. The van der Waals surface area contributed by atoms with E-state index in [9.17, 15) is 18.0 Å². The number of rotatable bonds is 10. The van der Waals surface area contributed by atoms with Gasteiger partial charge in [-0.2, -0.15) is 0 Å². The Hall–Kier alpha value is -3.85. The van der Waals surface area contributed by atoms with Crippen LogP contribution in [0.1, 0.15) is 24.0 Å². The Balaban J connectivity index is 1.47. The molecule has 1 saturated heterocycles. The van der Waals surface area contributed by atoms with Crippen LogP contribution in [0.5, 0.6) is 5.75 Å². The molecule has 3 aromatic rings. The Morgan fingerprint density at radius 3 is 2.39 bits per heavy atom. The molecule has 2 amide bonds. The molecule has 1 N–H and O–H groups in total. The number of nitrogens with one attached hydrogen (secondary N) is 1. The molecule has 4 rings (SSSR count). The smallest absolute Gasteiger partial charge is 0.264 e. The highest BCUT2D eigenvalue weighted by molar-refractivity contribution is 7.92. The summed E-state index contributed by atoms with van der Waals surface area (Å²) in [5.74, 6) is 0.299. The van der Waals surface area contributed by atoms with Crippen molar-refractivity contribution in [1.82, 2.24) is 10.2 Å². The Kier molecular flexibility index (Phi) is 7.90. The minimum Gasteiger partial charge on any atom is -0.497 e. The number of amides is 2. The van der Waals surface area contributed by atoms with Gasteiger partial charge in [-0.15, -0.1) is 0 Å². The second kappa shape index (κ2) is 11.3. The lowest BCUT2D eigenvalue weighted by Crippen LogP contribution is -2.40. The molecule has 0 spiro atoms. The molecule has 0 bridgehead atoms. The van der Waals surface area contributed by atoms with Crippen molar-refractivity contribution in [2.24, 2.45) is 0 Å². The first-order chi connectivity index (χ1) is 17.4. The third-order valence-electron chi connectivity index (χ3n) is 6.00. The predicted molar refractivity (Wildman–Crippen MR) is 137 cm³/mol. The number of methoxy groups -OCH3 is 1. The van der Waals surface area contributed by atoms with Crippen molar-refractivity contribution in [3.05, 3.63) is 90.0 Å². The third-order valence-corrected chi connectivity index (χ3v) is 7.79. The molecule has 0 atom stereocenters. The summed E-state index contributed by atoms with van der Waals surface area (Å²) in [6.45, 7) is 1.16. The van der Waals surface area contributed by atoms with Crippen LogP contribution in [0.4, 0.5) is 5.69 Å². The fourth-order valence-corrected chi connectivity index (χ4v) is 5.54. The average Bonchev–Trinajstić information content (AvgIpc) is 3.30. The van der Waals surface area contributed by atoms with Gasteiger partial charge in [-0.3, -0.25) is 13.9 Å². The van der Waals surface area contributed by atoms with Crippen LogP contribution in [0.2, 0.25) is 0 Å². The highest BCUT2D eigenvalue weighted by atomic mass is 32.2. The van der Waals surface area contributed by atoms with Crippen LogP contribution in [0, 0.1) is 0 Å². The normalized spacial score (nSPS) is 13.5. The first-order valence-corrected chi connectivity index (χ1v) is 13.1. The molecule has 1 fully saturated rings. The largest absolute Gasteiger partial charge is 0.497 e. The quantitative estimate of drug-likeness (QED) is 0.454. The lowest BCUT2D eigenvalue weighted by Gasteiger charge is -2.24. The zero-order valence-electron chi connectivity index (χ0n) is 20.1. The van der Waals surface area contributed by atoms with Crippen molar-refractivity contribution in [2.75, 3.05) is 24.5 Å². The standard InChI is InChI=1S/C27H29N3O5S/c1-35-24-14-12-23(13-15-24)30(36(33,34)25-9-3-2-4-10-25)20-26(31)28-18-21-7-5-8-22(17-21)19-29-16-6-11-27(29)32/h2-5,7-10,12-15,17H,6,11,16,18-20H2,1H3,(H,28,31). The van der Waals surface area contributed by atoms with Crippen LogP contribution >= 0.6 is 0 Å². The number of carbonyl (C=O) groups is 2. The maximum atomic E-state index is 13.4. The van der Waals surface area contributed by atoms with Crippen LogP contribution in [0.25, 0.3) is 0 Å². The first-order valence-electron chi connectivity index (χ1n) is 11.7. The zero-order chi connectivity index (χ0) is 25.5. The summed E-state index contributed by atoms with van der Waals surface area (Å²) in [6.07, 6.45) is 1.47. The fourth-order valence-electron chi connectivity index (χ4n) is 4.10. The van der Waals surface area contributed by atoms with Crippen LogP contribution in [0.15, 0.2) is 83.8 Å². The number of ether oxygens (including phenoxy) is 1. The van der Waals surface area contributed by atoms with Crippen molar-refractivity contribution in [2.45, 2.75) is 30.8 Å². The molecule has 9 heteroatoms. The lowest BCUT2D eigenvalue weighted by molar-refractivity contribution is -0.128. The molecule has 0 saturated carbocycles. The summed E-state index contributed by atoms with van der Waals surface area (Å²) in [5, 5.41) is 2.82. The summed E-state index contributed by atoms with van der Waals surface area (Å²) in [7, 11) is -2.46. The molecule has 188 valence electrons. The van der Waals surface area contributed by atoms with Gasteiger partial charge in [-0.05, 0) is 53.9 Å². The van der Waals surface area contributed by atoms with Gasteiger partial charge >= 0.3 is 0 Å². The van der Waals surface area contributed by atoms with E-state index in [1.807, 2.05) is 29.2 Å². The predicted octanol–water partition coefficient (Wildman–Crippen LogP) is 3.33. The van der Waals surface area contributed by atoms with Crippen molar-refractivity contribution in [3.8, 4) is 5.75 Å². The maximum absolute atomic E-state index is 13.4. The van der Waals surface area contributed by atoms with Crippen molar-refractivity contribution in [1.29, 1.82) is 0 Å². The topological polar surface area (TPSA) is 96.0 Å². The summed E-state index contributed by atoms with van der Waals surface area (Å²) in [4.78, 5) is 26.8. The van der Waals surface area contributed by atoms with E-state index in [-0.39, 0.29) is 23.9 Å². The first kappa shape index (κ1) is 25.2. The highest BCUT2D eigenvalue weighted by Gasteiger charge is 2.27. The van der Waals surface area contributed by atoms with Crippen molar-refractivity contribution < 1.29 is 22.7 Å². The maximum Gasteiger partial charge on any atom is 0.264 e. The summed E-state index contributed by atoms with van der Waals surface area (Å²) < 4.78 is 33.1. The average molecular weight is 508 g/mol. The van der Waals surface area contributed by atoms with Gasteiger partial charge in [-0.1, -0.05) is 42.5 Å². The van der Waals surface area contributed by atoms with E-state index in [2.05, 4.69) is 5.32 Å². The summed E-state index contributed by atoms with van der Waals surface area (Å²) in [6, 6.07) is 22.2. The zero-order valence-corrected chi connectivity index (χ0v) is 20.9. The third kappa shape index (κ3) is 6.04. The molecule has 1 aliphatic heterocycles. The summed E-state index contributed by atoms with van der Waals surface area (Å²) in [5.41, 5.74) is 2.21. The fraction of sp³-hybridized carbons (Fsp3) is 0.259. The molecule has 0 radical (unpaired) electrons. The van der Waals surface area contributed by atoms with Gasteiger partial charge in [0.25, 0.3) is 10.0 Å². The molecule has 8 nitrogen and oxygen atoms in total. The van der Waals surface area contributed by atoms with E-state index in [1.54, 1.807) is 42.5 Å². The minimum absolute atomic E-state index is 0.0952. The Bertz CT molecular complexity index is 1310. The monoisotopic (exact) mass is 507 g/mol. The highest BCUT2D eigenvalue weighted by Crippen LogP contribution is 2.25. The molecule has 0 unspecified atom stereocenters. The number of benzene rings is 3. The van der Waals surface area contributed by atoms with E-state index in [4.69, 9.17) is 4.74 Å². The number of likely N-dealkylation sites (tertiary alicyclic amines) is 1. The Morgan fingerprint density at radius 2 is 1.72 bits per heavy atom. The molecular weight excluding hydrogens is 478 g/mol. The van der Waals surface area contributed by atoms with E-state index < -0.39 is 15.9 Å². The Morgan fingerprint density at radius 1 is 1.00 bits per heavy atom. The van der Waals surface area contributed by atoms with Gasteiger partial charge in [0.05, 0.1) is 17.7 Å². The van der Waals surface area contributed by atoms with Crippen LogP contribution < -0.4 is 14.4 Å². The number of hydrogen-bond acceptors (Lipinski definition) is 5. The number of carbonyl (C=O) groups excluding carboxylic acids is 2. The summed E-state index contributed by atoms with van der Waals surface area (Å²) >= 11 is 0. The Labute approximate surface area is 211 Å². The number of nitrogens with zero attached hydrogens (tertiary/aromatic N) is 2. The number of anilines is 1. The van der Waals surface area contributed by atoms with Gasteiger partial charge in [0.15, 0.2) is 0 Å². The van der Waals surface area contributed by atoms with Gasteiger partial charge < -0.3 is 15.0 Å². The molecule has 0 aromatic heterocycles. The van der Waals surface area contributed by atoms with Gasteiger partial charge in [0.1, 0.15) is 12.3 Å². The molecule has 1 aliphatic rings. The number of hydrogen-bond donors (Lipinski definition) is 1. The molecular formula is C27H29N3O5S. The van der Waals surface area contributed by atoms with Crippen LogP contribution in [-0.4, -0.2) is 45.3 Å². The van der Waals surface area contributed by atoms with E-state index >= 15 is 0 Å². The molecule has 36 heavy (non-hydrogen) atoms. The van der Waals surface area contributed by atoms with Crippen molar-refractivity contribution in [3.63, 3.8) is 0 Å². The van der Waals surface area contributed by atoms with Gasteiger partial charge in [0, 0.05) is 26.1 Å². The minimum atomic E-state index is -3.98. The lowest BCUT2D eigenvalue weighted by atomic mass is 10.1.